The van der Waals surface area contributed by atoms with E-state index in [-0.39, 0.29) is 5.96 Å². The summed E-state index contributed by atoms with van der Waals surface area (Å²) in [5.74, 6) is -1.94. The number of carbonyl (C=O) groups is 3. The van der Waals surface area contributed by atoms with E-state index >= 15 is 0 Å². The molecule has 136 valence electrons. The van der Waals surface area contributed by atoms with E-state index in [1.54, 1.807) is 0 Å². The highest BCUT2D eigenvalue weighted by molar-refractivity contribution is 5.91. The van der Waals surface area contributed by atoms with E-state index in [0.29, 0.717) is 38.8 Å². The lowest BCUT2D eigenvalue weighted by atomic mass is 10.1. The van der Waals surface area contributed by atoms with Gasteiger partial charge in [0.2, 0.25) is 11.8 Å². The van der Waals surface area contributed by atoms with Gasteiger partial charge in [0.05, 0.1) is 6.04 Å². The summed E-state index contributed by atoms with van der Waals surface area (Å²) in [5, 5.41) is 11.6. The van der Waals surface area contributed by atoms with Crippen LogP contribution in [0.5, 0.6) is 0 Å². The maximum absolute atomic E-state index is 12.3. The Labute approximate surface area is 140 Å². The summed E-state index contributed by atoms with van der Waals surface area (Å²) < 4.78 is 0. The van der Waals surface area contributed by atoms with Crippen molar-refractivity contribution in [1.29, 1.82) is 0 Å². The Balaban J connectivity index is 2.46. The highest BCUT2D eigenvalue weighted by Crippen LogP contribution is 2.18. The molecule has 1 fully saturated rings. The number of nitrogens with zero attached hydrogens (tertiary/aromatic N) is 2. The van der Waals surface area contributed by atoms with Crippen LogP contribution in [0.1, 0.15) is 32.6 Å². The highest BCUT2D eigenvalue weighted by Gasteiger charge is 2.36. The topological polar surface area (TPSA) is 177 Å². The van der Waals surface area contributed by atoms with Crippen molar-refractivity contribution in [2.24, 2.45) is 22.2 Å². The molecule has 2 amide bonds. The molecule has 0 saturated carbocycles. The van der Waals surface area contributed by atoms with Crippen molar-refractivity contribution in [2.45, 2.75) is 50.7 Å². The van der Waals surface area contributed by atoms with Crippen LogP contribution in [0.4, 0.5) is 0 Å². The standard InChI is InChI=1S/C14H26N6O4/c1-8(12(22)20-7-3-5-10(20)13(23)24)19-11(21)9(15)4-2-6-18-14(16)17/h8-10H,2-7,15H2,1H3,(H,19,21)(H,23,24)(H4,16,17,18)/t8-,9-,10+/m0/s1. The smallest absolute Gasteiger partial charge is 0.326 e. The third-order valence-electron chi connectivity index (χ3n) is 3.85. The maximum Gasteiger partial charge on any atom is 0.326 e. The predicted molar refractivity (Wildman–Crippen MR) is 87.9 cm³/mol. The average molecular weight is 342 g/mol. The van der Waals surface area contributed by atoms with E-state index in [9.17, 15) is 14.4 Å². The molecule has 24 heavy (non-hydrogen) atoms. The lowest BCUT2D eigenvalue weighted by Crippen LogP contribution is -2.53. The number of likely N-dealkylation sites (tertiary alicyclic amines) is 1. The zero-order valence-electron chi connectivity index (χ0n) is 13.8. The molecule has 10 nitrogen and oxygen atoms in total. The number of nitrogens with two attached hydrogens (primary N) is 3. The van der Waals surface area contributed by atoms with Crippen molar-refractivity contribution in [3.05, 3.63) is 0 Å². The average Bonchev–Trinajstić information content (AvgIpc) is 2.99. The zero-order valence-corrected chi connectivity index (χ0v) is 13.8. The molecule has 1 saturated heterocycles. The van der Waals surface area contributed by atoms with Gasteiger partial charge in [-0.1, -0.05) is 0 Å². The van der Waals surface area contributed by atoms with Crippen molar-refractivity contribution < 1.29 is 19.5 Å². The number of rotatable bonds is 8. The third kappa shape index (κ3) is 5.69. The Kier molecular flexibility index (Phi) is 7.43. The summed E-state index contributed by atoms with van der Waals surface area (Å²) in [6.45, 7) is 2.26. The Bertz CT molecular complexity index is 505. The Morgan fingerprint density at radius 1 is 1.38 bits per heavy atom. The molecular weight excluding hydrogens is 316 g/mol. The van der Waals surface area contributed by atoms with Gasteiger partial charge in [0.15, 0.2) is 5.96 Å². The van der Waals surface area contributed by atoms with Gasteiger partial charge in [-0.05, 0) is 32.6 Å². The number of carbonyl (C=O) groups excluding carboxylic acids is 2. The molecule has 0 bridgehead atoms. The van der Waals surface area contributed by atoms with E-state index in [1.165, 1.54) is 11.8 Å². The molecule has 0 aromatic heterocycles. The first-order valence-corrected chi connectivity index (χ1v) is 7.88. The van der Waals surface area contributed by atoms with E-state index in [0.717, 1.165) is 0 Å². The second-order valence-electron chi connectivity index (χ2n) is 5.81. The zero-order chi connectivity index (χ0) is 18.3. The van der Waals surface area contributed by atoms with Crippen molar-refractivity contribution in [3.63, 3.8) is 0 Å². The van der Waals surface area contributed by atoms with Crippen LogP contribution in [-0.4, -0.2) is 65.0 Å². The van der Waals surface area contributed by atoms with Crippen LogP contribution in [0.2, 0.25) is 0 Å². The number of hydrogen-bond acceptors (Lipinski definition) is 5. The van der Waals surface area contributed by atoms with Crippen LogP contribution >= 0.6 is 0 Å². The van der Waals surface area contributed by atoms with Gasteiger partial charge in [-0.2, -0.15) is 0 Å². The number of carboxylic acid groups (broad SMARTS) is 1. The first-order valence-electron chi connectivity index (χ1n) is 7.88. The van der Waals surface area contributed by atoms with Crippen LogP contribution in [0.25, 0.3) is 0 Å². The van der Waals surface area contributed by atoms with Gasteiger partial charge in [-0.25, -0.2) is 4.79 Å². The first kappa shape index (κ1) is 19.7. The first-order chi connectivity index (χ1) is 11.2. The van der Waals surface area contributed by atoms with Crippen LogP contribution in [0, 0.1) is 0 Å². The van der Waals surface area contributed by atoms with E-state index < -0.39 is 35.9 Å². The Morgan fingerprint density at radius 3 is 2.62 bits per heavy atom. The number of hydrogen-bond donors (Lipinski definition) is 5. The monoisotopic (exact) mass is 342 g/mol. The quantitative estimate of drug-likeness (QED) is 0.191. The van der Waals surface area contributed by atoms with Gasteiger partial charge < -0.3 is 32.5 Å². The number of aliphatic imine (C=N–C) groups is 1. The van der Waals surface area contributed by atoms with E-state index in [2.05, 4.69) is 10.3 Å². The Hall–Kier alpha value is -2.36. The second kappa shape index (κ2) is 9.06. The molecule has 1 rings (SSSR count). The summed E-state index contributed by atoms with van der Waals surface area (Å²) in [6.07, 6.45) is 1.95. The lowest BCUT2D eigenvalue weighted by molar-refractivity contribution is -0.149. The molecule has 0 radical (unpaired) electrons. The molecule has 3 atom stereocenters. The molecule has 1 aliphatic rings. The van der Waals surface area contributed by atoms with Gasteiger partial charge >= 0.3 is 5.97 Å². The molecule has 0 unspecified atom stereocenters. The summed E-state index contributed by atoms with van der Waals surface area (Å²) in [7, 11) is 0. The minimum Gasteiger partial charge on any atom is -0.480 e. The summed E-state index contributed by atoms with van der Waals surface area (Å²) >= 11 is 0. The molecule has 0 aromatic carbocycles. The van der Waals surface area contributed by atoms with Crippen molar-refractivity contribution >= 4 is 23.7 Å². The van der Waals surface area contributed by atoms with Gasteiger partial charge in [0, 0.05) is 13.1 Å². The molecule has 10 heteroatoms. The van der Waals surface area contributed by atoms with Gasteiger partial charge in [0.1, 0.15) is 12.1 Å². The van der Waals surface area contributed by atoms with Crippen LogP contribution in [-0.2, 0) is 14.4 Å². The van der Waals surface area contributed by atoms with Gasteiger partial charge in [0.25, 0.3) is 0 Å². The molecule has 1 aliphatic heterocycles. The summed E-state index contributed by atoms with van der Waals surface area (Å²) in [5.41, 5.74) is 16.2. The third-order valence-corrected chi connectivity index (χ3v) is 3.85. The molecule has 1 heterocycles. The summed E-state index contributed by atoms with van der Waals surface area (Å²) in [4.78, 5) is 40.5. The minimum absolute atomic E-state index is 0.0224. The largest absolute Gasteiger partial charge is 0.480 e. The highest BCUT2D eigenvalue weighted by atomic mass is 16.4. The maximum atomic E-state index is 12.3. The lowest BCUT2D eigenvalue weighted by Gasteiger charge is -2.26. The van der Waals surface area contributed by atoms with E-state index in [4.69, 9.17) is 22.3 Å². The SMILES string of the molecule is C[C@H](NC(=O)[C@@H](N)CCCN=C(N)N)C(=O)N1CCC[C@@H]1C(=O)O. The van der Waals surface area contributed by atoms with Crippen LogP contribution in [0.3, 0.4) is 0 Å². The fraction of sp³-hybridized carbons (Fsp3) is 0.714. The molecule has 0 aliphatic carbocycles. The van der Waals surface area contributed by atoms with Gasteiger partial charge in [-0.15, -0.1) is 0 Å². The predicted octanol–water partition coefficient (Wildman–Crippen LogP) is -2.05. The van der Waals surface area contributed by atoms with Crippen LogP contribution < -0.4 is 22.5 Å². The van der Waals surface area contributed by atoms with Gasteiger partial charge in [-0.3, -0.25) is 14.6 Å². The fourth-order valence-electron chi connectivity index (χ4n) is 2.57. The van der Waals surface area contributed by atoms with Crippen molar-refractivity contribution in [3.8, 4) is 0 Å². The molecule has 8 N–H and O–H groups in total. The van der Waals surface area contributed by atoms with Crippen molar-refractivity contribution in [1.82, 2.24) is 10.2 Å². The number of guanidine groups is 1. The number of carboxylic acids is 1. The fourth-order valence-corrected chi connectivity index (χ4v) is 2.57. The number of aliphatic carboxylic acids is 1. The van der Waals surface area contributed by atoms with E-state index in [1.807, 2.05) is 0 Å². The molecule has 0 aromatic rings. The Morgan fingerprint density at radius 2 is 2.04 bits per heavy atom. The van der Waals surface area contributed by atoms with Crippen LogP contribution in [0.15, 0.2) is 4.99 Å². The number of nitrogens with one attached hydrogen (secondary N) is 1. The second-order valence-corrected chi connectivity index (χ2v) is 5.81. The minimum atomic E-state index is -1.03. The molecular formula is C14H26N6O4. The summed E-state index contributed by atoms with van der Waals surface area (Å²) in [6, 6.07) is -2.45. The molecule has 0 spiro atoms. The normalized spacial score (nSPS) is 19.4. The number of amides is 2. The van der Waals surface area contributed by atoms with Crippen molar-refractivity contribution in [2.75, 3.05) is 13.1 Å².